The molecule has 5 heteroatoms. The van der Waals surface area contributed by atoms with Crippen LogP contribution in [0.3, 0.4) is 0 Å². The van der Waals surface area contributed by atoms with E-state index in [-0.39, 0.29) is 0 Å². The number of hydrogen-bond acceptors (Lipinski definition) is 5. The van der Waals surface area contributed by atoms with E-state index in [1.54, 1.807) is 42.5 Å². The maximum Gasteiger partial charge on any atom is 0.184 e. The first-order valence-electron chi connectivity index (χ1n) is 4.84. The fourth-order valence-corrected chi connectivity index (χ4v) is 1.24. The Kier molecular flexibility index (Phi) is 2.98. The SMILES string of the molecule is Nc1ccc(N=NC2C=CC=CN2O)cc1. The third kappa shape index (κ3) is 2.46. The van der Waals surface area contributed by atoms with Crippen LogP contribution in [-0.2, 0) is 0 Å². The van der Waals surface area contributed by atoms with E-state index >= 15 is 0 Å². The predicted octanol–water partition coefficient (Wildman–Crippen LogP) is 2.45. The van der Waals surface area contributed by atoms with Gasteiger partial charge in [-0.1, -0.05) is 6.08 Å². The molecular weight excluding hydrogens is 204 g/mol. The molecule has 1 unspecified atom stereocenters. The lowest BCUT2D eigenvalue weighted by Crippen LogP contribution is -2.24. The quantitative estimate of drug-likeness (QED) is 0.589. The standard InChI is InChI=1S/C11H12N4O/c12-9-4-6-10(7-5-9)13-14-11-3-1-2-8-15(11)16/h1-8,11,16H,12H2. The maximum absolute atomic E-state index is 9.41. The number of nitrogens with zero attached hydrogens (tertiary/aromatic N) is 3. The second kappa shape index (κ2) is 4.59. The molecule has 82 valence electrons. The minimum absolute atomic E-state index is 0.470. The fraction of sp³-hybridized carbons (Fsp3) is 0.0909. The Bertz CT molecular complexity index is 436. The lowest BCUT2D eigenvalue weighted by Gasteiger charge is -2.18. The van der Waals surface area contributed by atoms with Gasteiger partial charge in [0, 0.05) is 11.9 Å². The van der Waals surface area contributed by atoms with Crippen molar-refractivity contribution < 1.29 is 5.21 Å². The van der Waals surface area contributed by atoms with E-state index in [1.165, 1.54) is 6.20 Å². The molecule has 16 heavy (non-hydrogen) atoms. The van der Waals surface area contributed by atoms with Gasteiger partial charge in [-0.15, -0.1) is 0 Å². The van der Waals surface area contributed by atoms with Crippen molar-refractivity contribution >= 4 is 11.4 Å². The van der Waals surface area contributed by atoms with E-state index in [4.69, 9.17) is 5.73 Å². The number of nitrogen functional groups attached to an aromatic ring is 1. The Balaban J connectivity index is 2.06. The summed E-state index contributed by atoms with van der Waals surface area (Å²) in [4.78, 5) is 0. The molecule has 0 aromatic heterocycles. The fourth-order valence-electron chi connectivity index (χ4n) is 1.24. The smallest absolute Gasteiger partial charge is 0.184 e. The molecule has 0 radical (unpaired) electrons. The third-order valence-electron chi connectivity index (χ3n) is 2.09. The van der Waals surface area contributed by atoms with Gasteiger partial charge in [-0.05, 0) is 36.4 Å². The van der Waals surface area contributed by atoms with Gasteiger partial charge in [0.15, 0.2) is 6.17 Å². The van der Waals surface area contributed by atoms with Crippen molar-refractivity contribution in [3.63, 3.8) is 0 Å². The van der Waals surface area contributed by atoms with Crippen molar-refractivity contribution in [3.05, 3.63) is 48.7 Å². The molecule has 1 atom stereocenters. The van der Waals surface area contributed by atoms with Crippen LogP contribution in [0.4, 0.5) is 11.4 Å². The molecule has 1 heterocycles. The summed E-state index contributed by atoms with van der Waals surface area (Å²) in [6, 6.07) is 7.04. The average Bonchev–Trinajstić information content (AvgIpc) is 2.30. The van der Waals surface area contributed by atoms with Crippen LogP contribution in [0.5, 0.6) is 0 Å². The monoisotopic (exact) mass is 216 g/mol. The molecule has 1 aromatic carbocycles. The van der Waals surface area contributed by atoms with Crippen molar-refractivity contribution in [2.75, 3.05) is 5.73 Å². The number of rotatable bonds is 2. The summed E-state index contributed by atoms with van der Waals surface area (Å²) in [5, 5.41) is 18.4. The second-order valence-electron chi connectivity index (χ2n) is 3.33. The highest BCUT2D eigenvalue weighted by molar-refractivity contribution is 5.47. The highest BCUT2D eigenvalue weighted by atomic mass is 16.5. The van der Waals surface area contributed by atoms with Gasteiger partial charge in [0.2, 0.25) is 0 Å². The number of nitrogens with two attached hydrogens (primary N) is 1. The molecule has 1 aliphatic rings. The van der Waals surface area contributed by atoms with Crippen LogP contribution in [-0.4, -0.2) is 16.4 Å². The second-order valence-corrected chi connectivity index (χ2v) is 3.33. The first-order chi connectivity index (χ1) is 7.75. The first-order valence-corrected chi connectivity index (χ1v) is 4.84. The summed E-state index contributed by atoms with van der Waals surface area (Å²) < 4.78 is 0. The summed E-state index contributed by atoms with van der Waals surface area (Å²) >= 11 is 0. The van der Waals surface area contributed by atoms with E-state index in [0.29, 0.717) is 11.4 Å². The van der Waals surface area contributed by atoms with Gasteiger partial charge < -0.3 is 5.73 Å². The maximum atomic E-state index is 9.41. The van der Waals surface area contributed by atoms with E-state index in [9.17, 15) is 5.21 Å². The molecule has 0 fully saturated rings. The zero-order valence-electron chi connectivity index (χ0n) is 8.56. The van der Waals surface area contributed by atoms with Gasteiger partial charge in [-0.3, -0.25) is 5.21 Å². The molecule has 5 nitrogen and oxygen atoms in total. The number of azo groups is 1. The van der Waals surface area contributed by atoms with Crippen molar-refractivity contribution in [3.8, 4) is 0 Å². The number of hydrogen-bond donors (Lipinski definition) is 2. The third-order valence-corrected chi connectivity index (χ3v) is 2.09. The molecule has 2 rings (SSSR count). The molecule has 0 amide bonds. The molecule has 0 saturated heterocycles. The zero-order valence-corrected chi connectivity index (χ0v) is 8.56. The van der Waals surface area contributed by atoms with Gasteiger partial charge in [0.25, 0.3) is 0 Å². The van der Waals surface area contributed by atoms with Crippen molar-refractivity contribution in [1.29, 1.82) is 0 Å². The Morgan fingerprint density at radius 1 is 1.19 bits per heavy atom. The molecule has 1 aliphatic heterocycles. The predicted molar refractivity (Wildman–Crippen MR) is 61.1 cm³/mol. The van der Waals surface area contributed by atoms with Crippen LogP contribution < -0.4 is 5.73 Å². The van der Waals surface area contributed by atoms with Crippen molar-refractivity contribution in [2.45, 2.75) is 6.17 Å². The summed E-state index contributed by atoms with van der Waals surface area (Å²) in [6.07, 6.45) is 6.31. The zero-order chi connectivity index (χ0) is 11.4. The van der Waals surface area contributed by atoms with Crippen LogP contribution in [0.15, 0.2) is 58.9 Å². The average molecular weight is 216 g/mol. The Morgan fingerprint density at radius 3 is 2.62 bits per heavy atom. The molecule has 0 spiro atoms. The van der Waals surface area contributed by atoms with Crippen LogP contribution >= 0.6 is 0 Å². The van der Waals surface area contributed by atoms with Gasteiger partial charge >= 0.3 is 0 Å². The molecule has 3 N–H and O–H groups in total. The Morgan fingerprint density at radius 2 is 1.94 bits per heavy atom. The van der Waals surface area contributed by atoms with Crippen LogP contribution in [0.25, 0.3) is 0 Å². The van der Waals surface area contributed by atoms with Gasteiger partial charge in [-0.25, -0.2) is 5.06 Å². The van der Waals surface area contributed by atoms with Gasteiger partial charge in [-0.2, -0.15) is 10.2 Å². The van der Waals surface area contributed by atoms with Crippen LogP contribution in [0.2, 0.25) is 0 Å². The van der Waals surface area contributed by atoms with Crippen LogP contribution in [0, 0.1) is 0 Å². The number of allylic oxidation sites excluding steroid dienone is 2. The lowest BCUT2D eigenvalue weighted by atomic mass is 10.3. The van der Waals surface area contributed by atoms with E-state index in [2.05, 4.69) is 10.2 Å². The molecule has 0 aliphatic carbocycles. The van der Waals surface area contributed by atoms with Gasteiger partial charge in [0.05, 0.1) is 5.69 Å². The summed E-state index contributed by atoms with van der Waals surface area (Å²) in [7, 11) is 0. The molecule has 0 saturated carbocycles. The van der Waals surface area contributed by atoms with E-state index in [1.807, 2.05) is 0 Å². The van der Waals surface area contributed by atoms with Crippen molar-refractivity contribution in [1.82, 2.24) is 5.06 Å². The molecular formula is C11H12N4O. The normalized spacial score (nSPS) is 19.6. The number of benzene rings is 1. The topological polar surface area (TPSA) is 74.2 Å². The first kappa shape index (κ1) is 10.4. The molecule has 0 bridgehead atoms. The van der Waals surface area contributed by atoms with Gasteiger partial charge in [0.1, 0.15) is 0 Å². The van der Waals surface area contributed by atoms with E-state index < -0.39 is 6.17 Å². The van der Waals surface area contributed by atoms with Crippen molar-refractivity contribution in [2.24, 2.45) is 10.2 Å². The number of hydroxylamine groups is 2. The largest absolute Gasteiger partial charge is 0.399 e. The summed E-state index contributed by atoms with van der Waals surface area (Å²) in [6.45, 7) is 0. The van der Waals surface area contributed by atoms with Crippen LogP contribution in [0.1, 0.15) is 0 Å². The summed E-state index contributed by atoms with van der Waals surface area (Å²) in [5.41, 5.74) is 6.93. The molecule has 1 aromatic rings. The highest BCUT2D eigenvalue weighted by Crippen LogP contribution is 2.16. The minimum Gasteiger partial charge on any atom is -0.399 e. The van der Waals surface area contributed by atoms with E-state index in [0.717, 1.165) is 5.06 Å². The Labute approximate surface area is 93.2 Å². The summed E-state index contributed by atoms with van der Waals surface area (Å²) in [5.74, 6) is 0. The number of anilines is 1. The minimum atomic E-state index is -0.470. The Hall–Kier alpha value is -2.14. The lowest BCUT2D eigenvalue weighted by molar-refractivity contribution is -0.0647. The highest BCUT2D eigenvalue weighted by Gasteiger charge is 2.09.